The Labute approximate surface area is 163 Å². The number of nitrogens with one attached hydrogen (secondary N) is 1. The fourth-order valence-electron chi connectivity index (χ4n) is 1.84. The molecule has 0 bridgehead atoms. The monoisotopic (exact) mass is 407 g/mol. The van der Waals surface area contributed by atoms with Crippen LogP contribution < -0.4 is 5.32 Å². The molecule has 1 aromatic carbocycles. The fraction of sp³-hybridized carbons (Fsp3) is 0.556. The summed E-state index contributed by atoms with van der Waals surface area (Å²) in [7, 11) is 5.97. The van der Waals surface area contributed by atoms with Crippen LogP contribution in [0, 0.1) is 0 Å². The van der Waals surface area contributed by atoms with E-state index in [4.69, 9.17) is 14.6 Å². The van der Waals surface area contributed by atoms with Gasteiger partial charge in [0, 0.05) is 26.2 Å². The van der Waals surface area contributed by atoms with Crippen LogP contribution in [0.2, 0.25) is 0 Å². The zero-order valence-electron chi connectivity index (χ0n) is 16.3. The molecule has 0 aliphatic rings. The van der Waals surface area contributed by atoms with Gasteiger partial charge in [-0.3, -0.25) is 9.69 Å². The number of alkyl halides is 3. The van der Waals surface area contributed by atoms with E-state index >= 15 is 0 Å². The van der Waals surface area contributed by atoms with Gasteiger partial charge >= 0.3 is 18.1 Å². The van der Waals surface area contributed by atoms with Gasteiger partial charge in [-0.2, -0.15) is 13.2 Å². The summed E-state index contributed by atoms with van der Waals surface area (Å²) in [4.78, 5) is 24.9. The topological polar surface area (TPSA) is 82.1 Å². The van der Waals surface area contributed by atoms with E-state index in [9.17, 15) is 18.0 Å². The number of ether oxygens (including phenoxy) is 1. The second kappa shape index (κ2) is 13.9. The third kappa shape index (κ3) is 14.0. The first-order valence-electron chi connectivity index (χ1n) is 8.57. The second-order valence-electron chi connectivity index (χ2n) is 6.09. The lowest BCUT2D eigenvalue weighted by molar-refractivity contribution is -0.192. The molecule has 0 unspecified atom stereocenters. The van der Waals surface area contributed by atoms with Crippen LogP contribution in [0.15, 0.2) is 30.3 Å². The standard InChI is InChI=1S/C16H27N3O2.C2HF3O2/c1-17-9-10-18(2)11-12-19(3)13-16(20)21-14-15-7-5-4-6-8-15;3-2(4,5)1(6)7/h4-8,17H,9-14H2,1-3H3;(H,6,7). The number of aliphatic carboxylic acids is 1. The smallest absolute Gasteiger partial charge is 0.475 e. The Hall–Kier alpha value is -2.17. The molecule has 0 heterocycles. The summed E-state index contributed by atoms with van der Waals surface area (Å²) in [5.74, 6) is -2.94. The first-order valence-corrected chi connectivity index (χ1v) is 8.57. The third-order valence-corrected chi connectivity index (χ3v) is 3.49. The number of esters is 1. The molecule has 1 rings (SSSR count). The van der Waals surface area contributed by atoms with Crippen LogP contribution in [-0.4, -0.2) is 86.9 Å². The maximum atomic E-state index is 11.8. The molecule has 0 aromatic heterocycles. The average Bonchev–Trinajstić information content (AvgIpc) is 2.63. The Morgan fingerprint density at radius 3 is 2.11 bits per heavy atom. The zero-order chi connectivity index (χ0) is 21.6. The predicted octanol–water partition coefficient (Wildman–Crippen LogP) is 1.45. The minimum Gasteiger partial charge on any atom is -0.475 e. The minimum absolute atomic E-state index is 0.181. The number of benzene rings is 1. The molecule has 160 valence electrons. The molecule has 0 fully saturated rings. The molecule has 0 amide bonds. The van der Waals surface area contributed by atoms with Gasteiger partial charge in [-0.25, -0.2) is 4.79 Å². The van der Waals surface area contributed by atoms with Crippen LogP contribution in [0.4, 0.5) is 13.2 Å². The maximum Gasteiger partial charge on any atom is 0.490 e. The van der Waals surface area contributed by atoms with Gasteiger partial charge in [0.05, 0.1) is 6.54 Å². The van der Waals surface area contributed by atoms with E-state index in [-0.39, 0.29) is 5.97 Å². The maximum absolute atomic E-state index is 11.8. The summed E-state index contributed by atoms with van der Waals surface area (Å²) in [5.41, 5.74) is 1.01. The van der Waals surface area contributed by atoms with Crippen molar-refractivity contribution in [2.24, 2.45) is 0 Å². The zero-order valence-corrected chi connectivity index (χ0v) is 16.3. The highest BCUT2D eigenvalue weighted by molar-refractivity contribution is 5.73. The van der Waals surface area contributed by atoms with Crippen molar-refractivity contribution in [3.8, 4) is 0 Å². The molecule has 2 N–H and O–H groups in total. The van der Waals surface area contributed by atoms with E-state index in [1.54, 1.807) is 0 Å². The van der Waals surface area contributed by atoms with Gasteiger partial charge in [0.2, 0.25) is 0 Å². The molecule has 10 heteroatoms. The van der Waals surface area contributed by atoms with Gasteiger partial charge in [0.15, 0.2) is 0 Å². The van der Waals surface area contributed by atoms with Gasteiger partial charge in [0.25, 0.3) is 0 Å². The minimum atomic E-state index is -5.08. The Balaban J connectivity index is 0.000000887. The molecule has 0 saturated carbocycles. The molecule has 0 saturated heterocycles. The number of likely N-dealkylation sites (N-methyl/N-ethyl adjacent to an activating group) is 3. The molecule has 0 atom stereocenters. The Kier molecular flexibility index (Phi) is 12.8. The van der Waals surface area contributed by atoms with Crippen LogP contribution in [0.3, 0.4) is 0 Å². The summed E-state index contributed by atoms with van der Waals surface area (Å²) < 4.78 is 37.0. The third-order valence-electron chi connectivity index (χ3n) is 3.49. The number of carboxylic acid groups (broad SMARTS) is 1. The van der Waals surface area contributed by atoms with Gasteiger partial charge in [0.1, 0.15) is 6.61 Å². The van der Waals surface area contributed by atoms with Crippen LogP contribution in [0.5, 0.6) is 0 Å². The quantitative estimate of drug-likeness (QED) is 0.568. The van der Waals surface area contributed by atoms with Gasteiger partial charge < -0.3 is 20.1 Å². The Bertz CT molecular complexity index is 571. The van der Waals surface area contributed by atoms with E-state index < -0.39 is 12.1 Å². The molecule has 0 spiro atoms. The van der Waals surface area contributed by atoms with Gasteiger partial charge in [-0.1, -0.05) is 30.3 Å². The van der Waals surface area contributed by atoms with Gasteiger partial charge in [-0.05, 0) is 26.7 Å². The van der Waals surface area contributed by atoms with Crippen molar-refractivity contribution in [1.82, 2.24) is 15.1 Å². The van der Waals surface area contributed by atoms with Crippen molar-refractivity contribution < 1.29 is 32.6 Å². The number of carboxylic acids is 1. The van der Waals surface area contributed by atoms with Crippen molar-refractivity contribution in [2.75, 3.05) is 53.9 Å². The van der Waals surface area contributed by atoms with E-state index in [0.29, 0.717) is 13.2 Å². The molecule has 1 aromatic rings. The normalized spacial score (nSPS) is 11.1. The lowest BCUT2D eigenvalue weighted by atomic mass is 10.2. The number of carbonyl (C=O) groups is 2. The van der Waals surface area contributed by atoms with Crippen molar-refractivity contribution >= 4 is 11.9 Å². The van der Waals surface area contributed by atoms with Crippen molar-refractivity contribution in [1.29, 1.82) is 0 Å². The summed E-state index contributed by atoms with van der Waals surface area (Å²) >= 11 is 0. The predicted molar refractivity (Wildman–Crippen MR) is 98.8 cm³/mol. The van der Waals surface area contributed by atoms with Crippen LogP contribution in [0.25, 0.3) is 0 Å². The van der Waals surface area contributed by atoms with Gasteiger partial charge in [-0.15, -0.1) is 0 Å². The number of carbonyl (C=O) groups excluding carboxylic acids is 1. The van der Waals surface area contributed by atoms with Crippen LogP contribution in [0.1, 0.15) is 5.56 Å². The van der Waals surface area contributed by atoms with Crippen LogP contribution in [-0.2, 0) is 20.9 Å². The molecule has 0 aliphatic carbocycles. The number of rotatable bonds is 10. The first-order chi connectivity index (χ1) is 13.1. The number of hydrogen-bond donors (Lipinski definition) is 2. The van der Waals surface area contributed by atoms with E-state index in [0.717, 1.165) is 31.7 Å². The largest absolute Gasteiger partial charge is 0.490 e. The highest BCUT2D eigenvalue weighted by Crippen LogP contribution is 2.13. The van der Waals surface area contributed by atoms with Crippen molar-refractivity contribution in [2.45, 2.75) is 12.8 Å². The van der Waals surface area contributed by atoms with Crippen molar-refractivity contribution in [3.63, 3.8) is 0 Å². The lowest BCUT2D eigenvalue weighted by Crippen LogP contribution is -2.36. The molecular weight excluding hydrogens is 379 g/mol. The van der Waals surface area contributed by atoms with E-state index in [1.165, 1.54) is 0 Å². The molecular formula is C18H28F3N3O4. The fourth-order valence-corrected chi connectivity index (χ4v) is 1.84. The number of halogens is 3. The highest BCUT2D eigenvalue weighted by Gasteiger charge is 2.38. The first kappa shape index (κ1) is 25.8. The summed E-state index contributed by atoms with van der Waals surface area (Å²) in [6.45, 7) is 4.43. The number of hydrogen-bond acceptors (Lipinski definition) is 6. The van der Waals surface area contributed by atoms with Crippen molar-refractivity contribution in [3.05, 3.63) is 35.9 Å². The summed E-state index contributed by atoms with van der Waals surface area (Å²) in [6.07, 6.45) is -5.08. The average molecular weight is 407 g/mol. The second-order valence-corrected chi connectivity index (χ2v) is 6.09. The van der Waals surface area contributed by atoms with E-state index in [2.05, 4.69) is 17.3 Å². The summed E-state index contributed by atoms with van der Waals surface area (Å²) in [6, 6.07) is 9.73. The molecule has 0 radical (unpaired) electrons. The molecule has 0 aliphatic heterocycles. The number of nitrogens with zero attached hydrogens (tertiary/aromatic N) is 2. The van der Waals surface area contributed by atoms with Crippen LogP contribution >= 0.6 is 0 Å². The SMILES string of the molecule is CNCCN(C)CCN(C)CC(=O)OCc1ccccc1.O=C(O)C(F)(F)F. The molecule has 7 nitrogen and oxygen atoms in total. The highest BCUT2D eigenvalue weighted by atomic mass is 19.4. The molecule has 28 heavy (non-hydrogen) atoms. The Morgan fingerprint density at radius 1 is 1.07 bits per heavy atom. The summed E-state index contributed by atoms with van der Waals surface area (Å²) in [5, 5.41) is 10.2. The Morgan fingerprint density at radius 2 is 1.61 bits per heavy atom. The van der Waals surface area contributed by atoms with E-state index in [1.807, 2.05) is 49.3 Å². The lowest BCUT2D eigenvalue weighted by Gasteiger charge is -2.21.